The minimum absolute atomic E-state index is 0.141. The highest BCUT2D eigenvalue weighted by atomic mass is 32.2. The number of nitrogens with zero attached hydrogens (tertiary/aromatic N) is 3. The van der Waals surface area contributed by atoms with Gasteiger partial charge in [0.2, 0.25) is 5.91 Å². The maximum atomic E-state index is 13.0. The third-order valence-electron chi connectivity index (χ3n) is 2.29. The van der Waals surface area contributed by atoms with Gasteiger partial charge in [0.15, 0.2) is 5.16 Å². The number of anilines is 2. The summed E-state index contributed by atoms with van der Waals surface area (Å²) in [6.07, 6.45) is 1.55. The molecule has 100 valence electrons. The van der Waals surface area contributed by atoms with Crippen molar-refractivity contribution in [1.82, 2.24) is 14.8 Å². The van der Waals surface area contributed by atoms with Crippen molar-refractivity contribution in [1.29, 1.82) is 0 Å². The second-order valence-corrected chi connectivity index (χ2v) is 4.74. The van der Waals surface area contributed by atoms with Crippen molar-refractivity contribution in [2.75, 3.05) is 16.8 Å². The van der Waals surface area contributed by atoms with Crippen molar-refractivity contribution in [3.63, 3.8) is 0 Å². The van der Waals surface area contributed by atoms with Crippen LogP contribution < -0.4 is 11.1 Å². The Hall–Kier alpha value is -2.09. The van der Waals surface area contributed by atoms with Crippen LogP contribution in [0.4, 0.5) is 15.8 Å². The molecule has 0 saturated carbocycles. The van der Waals surface area contributed by atoms with Crippen molar-refractivity contribution >= 4 is 29.0 Å². The topological polar surface area (TPSA) is 85.8 Å². The fourth-order valence-corrected chi connectivity index (χ4v) is 2.04. The van der Waals surface area contributed by atoms with Gasteiger partial charge < -0.3 is 15.6 Å². The molecule has 1 heterocycles. The molecule has 0 radical (unpaired) electrons. The van der Waals surface area contributed by atoms with Crippen molar-refractivity contribution in [2.45, 2.75) is 5.16 Å². The van der Waals surface area contributed by atoms with Crippen LogP contribution >= 0.6 is 11.8 Å². The Kier molecular flexibility index (Phi) is 4.00. The smallest absolute Gasteiger partial charge is 0.234 e. The predicted molar refractivity (Wildman–Crippen MR) is 71.2 cm³/mol. The summed E-state index contributed by atoms with van der Waals surface area (Å²) in [6.45, 7) is 0. The first kappa shape index (κ1) is 13.3. The Balaban J connectivity index is 1.94. The molecule has 1 amide bonds. The summed E-state index contributed by atoms with van der Waals surface area (Å²) in [6, 6.07) is 3.82. The van der Waals surface area contributed by atoms with Crippen molar-refractivity contribution < 1.29 is 9.18 Å². The zero-order valence-electron chi connectivity index (χ0n) is 10.1. The highest BCUT2D eigenvalue weighted by Crippen LogP contribution is 2.20. The molecule has 0 atom stereocenters. The van der Waals surface area contributed by atoms with Crippen LogP contribution in [0, 0.1) is 5.82 Å². The molecule has 0 fully saturated rings. The number of rotatable bonds is 4. The van der Waals surface area contributed by atoms with Crippen LogP contribution in [0.2, 0.25) is 0 Å². The molecule has 3 N–H and O–H groups in total. The zero-order valence-corrected chi connectivity index (χ0v) is 10.9. The lowest BCUT2D eigenvalue weighted by molar-refractivity contribution is -0.113. The molecule has 8 heteroatoms. The Morgan fingerprint density at radius 2 is 2.37 bits per heavy atom. The number of carbonyl (C=O) groups excluding carboxylic acids is 1. The third kappa shape index (κ3) is 3.44. The lowest BCUT2D eigenvalue weighted by Crippen LogP contribution is -2.15. The number of hydrogen-bond donors (Lipinski definition) is 2. The highest BCUT2D eigenvalue weighted by molar-refractivity contribution is 7.99. The maximum absolute atomic E-state index is 13.0. The fraction of sp³-hybridized carbons (Fsp3) is 0.182. The Morgan fingerprint density at radius 3 is 3.05 bits per heavy atom. The van der Waals surface area contributed by atoms with Crippen molar-refractivity contribution in [3.05, 3.63) is 30.3 Å². The van der Waals surface area contributed by atoms with E-state index in [2.05, 4.69) is 15.5 Å². The minimum Gasteiger partial charge on any atom is -0.397 e. The van der Waals surface area contributed by atoms with Gasteiger partial charge >= 0.3 is 0 Å². The average Bonchev–Trinajstić information content (AvgIpc) is 2.77. The monoisotopic (exact) mass is 281 g/mol. The van der Waals surface area contributed by atoms with Gasteiger partial charge in [-0.25, -0.2) is 4.39 Å². The largest absolute Gasteiger partial charge is 0.397 e. The number of halogens is 1. The number of thioether (sulfide) groups is 1. The zero-order chi connectivity index (χ0) is 13.8. The van der Waals surface area contributed by atoms with E-state index in [0.717, 1.165) is 0 Å². The second kappa shape index (κ2) is 5.70. The molecule has 0 aliphatic rings. The van der Waals surface area contributed by atoms with Crippen LogP contribution in [0.25, 0.3) is 0 Å². The first-order chi connectivity index (χ1) is 9.06. The summed E-state index contributed by atoms with van der Waals surface area (Å²) >= 11 is 1.23. The number of benzene rings is 1. The summed E-state index contributed by atoms with van der Waals surface area (Å²) in [5, 5.41) is 10.7. The molecule has 2 rings (SSSR count). The number of amides is 1. The predicted octanol–water partition coefficient (Wildman–Crippen LogP) is 1.27. The van der Waals surface area contributed by atoms with Crippen LogP contribution in [-0.4, -0.2) is 26.4 Å². The Morgan fingerprint density at radius 1 is 1.58 bits per heavy atom. The summed E-state index contributed by atoms with van der Waals surface area (Å²) in [7, 11) is 1.78. The Labute approximate surface area is 113 Å². The maximum Gasteiger partial charge on any atom is 0.234 e. The van der Waals surface area contributed by atoms with Crippen LogP contribution in [0.1, 0.15) is 0 Å². The molecule has 0 saturated heterocycles. The second-order valence-electron chi connectivity index (χ2n) is 3.79. The number of carbonyl (C=O) groups is 1. The number of aromatic nitrogens is 3. The summed E-state index contributed by atoms with van der Waals surface area (Å²) < 4.78 is 14.7. The van der Waals surface area contributed by atoms with E-state index >= 15 is 0 Å². The lowest BCUT2D eigenvalue weighted by Gasteiger charge is -2.07. The first-order valence-corrected chi connectivity index (χ1v) is 6.36. The summed E-state index contributed by atoms with van der Waals surface area (Å²) in [4.78, 5) is 11.7. The molecular formula is C11H12FN5OS. The number of nitrogens with one attached hydrogen (secondary N) is 1. The quantitative estimate of drug-likeness (QED) is 0.651. The number of nitrogen functional groups attached to an aromatic ring is 1. The molecule has 1 aromatic carbocycles. The van der Waals surface area contributed by atoms with Crippen molar-refractivity contribution in [3.8, 4) is 0 Å². The first-order valence-electron chi connectivity index (χ1n) is 5.38. The molecule has 6 nitrogen and oxygen atoms in total. The molecular weight excluding hydrogens is 269 g/mol. The van der Waals surface area contributed by atoms with Gasteiger partial charge in [-0.15, -0.1) is 10.2 Å². The third-order valence-corrected chi connectivity index (χ3v) is 3.33. The van der Waals surface area contributed by atoms with E-state index in [1.807, 2.05) is 0 Å². The lowest BCUT2D eigenvalue weighted by atomic mass is 10.2. The van der Waals surface area contributed by atoms with E-state index in [1.54, 1.807) is 17.9 Å². The molecule has 0 aliphatic carbocycles. The van der Waals surface area contributed by atoms with Gasteiger partial charge in [0.1, 0.15) is 12.1 Å². The van der Waals surface area contributed by atoms with Crippen LogP contribution in [0.3, 0.4) is 0 Å². The van der Waals surface area contributed by atoms with Gasteiger partial charge in [0, 0.05) is 7.05 Å². The van der Waals surface area contributed by atoms with Crippen LogP contribution in [-0.2, 0) is 11.8 Å². The van der Waals surface area contributed by atoms with Crippen LogP contribution in [0.5, 0.6) is 0 Å². The van der Waals surface area contributed by atoms with Crippen LogP contribution in [0.15, 0.2) is 29.7 Å². The average molecular weight is 281 g/mol. The van der Waals surface area contributed by atoms with Gasteiger partial charge in [-0.05, 0) is 18.2 Å². The Bertz CT molecular complexity index is 601. The number of hydrogen-bond acceptors (Lipinski definition) is 5. The van der Waals surface area contributed by atoms with E-state index in [4.69, 9.17) is 5.73 Å². The SMILES string of the molecule is Cn1cnnc1SCC(=O)Nc1cc(F)ccc1N. The molecule has 0 spiro atoms. The van der Waals surface area contributed by atoms with Gasteiger partial charge in [-0.2, -0.15) is 0 Å². The summed E-state index contributed by atoms with van der Waals surface area (Å²) in [5.74, 6) is -0.599. The number of aryl methyl sites for hydroxylation is 1. The normalized spacial score (nSPS) is 10.4. The van der Waals surface area contributed by atoms with E-state index in [0.29, 0.717) is 10.8 Å². The van der Waals surface area contributed by atoms with Gasteiger partial charge in [-0.3, -0.25) is 4.79 Å². The van der Waals surface area contributed by atoms with Gasteiger partial charge in [0.05, 0.1) is 17.1 Å². The molecule has 2 aromatic rings. The molecule has 0 aliphatic heterocycles. The van der Waals surface area contributed by atoms with E-state index in [-0.39, 0.29) is 17.3 Å². The fourth-order valence-electron chi connectivity index (χ4n) is 1.36. The molecule has 19 heavy (non-hydrogen) atoms. The number of nitrogens with two attached hydrogens (primary N) is 1. The molecule has 0 bridgehead atoms. The highest BCUT2D eigenvalue weighted by Gasteiger charge is 2.09. The van der Waals surface area contributed by atoms with Gasteiger partial charge in [0.25, 0.3) is 0 Å². The van der Waals surface area contributed by atoms with Crippen molar-refractivity contribution in [2.24, 2.45) is 7.05 Å². The summed E-state index contributed by atoms with van der Waals surface area (Å²) in [5.41, 5.74) is 6.22. The minimum atomic E-state index is -0.453. The van der Waals surface area contributed by atoms with E-state index < -0.39 is 5.82 Å². The van der Waals surface area contributed by atoms with E-state index in [1.165, 1.54) is 30.0 Å². The van der Waals surface area contributed by atoms with Gasteiger partial charge in [-0.1, -0.05) is 11.8 Å². The molecule has 1 aromatic heterocycles. The van der Waals surface area contributed by atoms with E-state index in [9.17, 15) is 9.18 Å². The standard InChI is InChI=1S/C11H12FN5OS/c1-17-6-14-16-11(17)19-5-10(18)15-9-4-7(12)2-3-8(9)13/h2-4,6H,5,13H2,1H3,(H,15,18). The molecule has 0 unspecified atom stereocenters.